The van der Waals surface area contributed by atoms with Crippen molar-refractivity contribution >= 4 is 23.5 Å². The summed E-state index contributed by atoms with van der Waals surface area (Å²) in [4.78, 5) is 23.4. The maximum absolute atomic E-state index is 12.5. The van der Waals surface area contributed by atoms with Crippen LogP contribution in [0.3, 0.4) is 0 Å². The molecule has 0 aliphatic heterocycles. The molecule has 0 bridgehead atoms. The summed E-state index contributed by atoms with van der Waals surface area (Å²) >= 11 is 5.85. The van der Waals surface area contributed by atoms with Crippen LogP contribution in [0.2, 0.25) is 5.02 Å². The lowest BCUT2D eigenvalue weighted by atomic mass is 10.0. The van der Waals surface area contributed by atoms with E-state index in [2.05, 4.69) is 5.32 Å². The third-order valence-electron chi connectivity index (χ3n) is 3.61. The summed E-state index contributed by atoms with van der Waals surface area (Å²) in [5.41, 5.74) is 0.174. The Balaban J connectivity index is 2.00. The van der Waals surface area contributed by atoms with E-state index >= 15 is 0 Å². The van der Waals surface area contributed by atoms with Crippen molar-refractivity contribution < 1.29 is 27.9 Å². The second-order valence-corrected chi connectivity index (χ2v) is 6.10. The van der Waals surface area contributed by atoms with Gasteiger partial charge < -0.3 is 10.4 Å². The van der Waals surface area contributed by atoms with E-state index in [1.54, 1.807) is 24.3 Å². The summed E-state index contributed by atoms with van der Waals surface area (Å²) in [7, 11) is 0. The molecule has 0 aliphatic rings. The van der Waals surface area contributed by atoms with Crippen molar-refractivity contribution in [2.24, 2.45) is 0 Å². The van der Waals surface area contributed by atoms with Crippen molar-refractivity contribution in [1.82, 2.24) is 5.32 Å². The Morgan fingerprint density at radius 3 is 2.27 bits per heavy atom. The highest BCUT2D eigenvalue weighted by Crippen LogP contribution is 2.29. The molecule has 2 aromatic rings. The number of amides is 1. The molecule has 0 heterocycles. The van der Waals surface area contributed by atoms with Gasteiger partial charge in [0.2, 0.25) is 5.91 Å². The summed E-state index contributed by atoms with van der Waals surface area (Å²) in [6.45, 7) is 0. The zero-order valence-corrected chi connectivity index (χ0v) is 14.1. The minimum absolute atomic E-state index is 0.0364. The van der Waals surface area contributed by atoms with Gasteiger partial charge in [-0.2, -0.15) is 13.2 Å². The summed E-state index contributed by atoms with van der Waals surface area (Å²) in [6.07, 6.45) is -4.64. The van der Waals surface area contributed by atoms with Gasteiger partial charge in [0.25, 0.3) is 0 Å². The predicted molar refractivity (Wildman–Crippen MR) is 89.9 cm³/mol. The van der Waals surface area contributed by atoms with Crippen LogP contribution in [-0.2, 0) is 28.6 Å². The standard InChI is InChI=1S/C18H15ClF3NO3/c19-14-3-1-2-12(8-14)9-15(17(25)26)23-16(24)10-11-4-6-13(7-5-11)18(20,21)22/h1-8,15H,9-10H2,(H,23,24)(H,25,26)/t15-/m1/s1. The van der Waals surface area contributed by atoms with Crippen LogP contribution < -0.4 is 5.32 Å². The maximum Gasteiger partial charge on any atom is 0.416 e. The van der Waals surface area contributed by atoms with Gasteiger partial charge in [0.15, 0.2) is 0 Å². The summed E-state index contributed by atoms with van der Waals surface area (Å²) < 4.78 is 37.6. The largest absolute Gasteiger partial charge is 0.480 e. The molecular formula is C18H15ClF3NO3. The first-order chi connectivity index (χ1) is 12.1. The smallest absolute Gasteiger partial charge is 0.416 e. The number of hydrogen-bond acceptors (Lipinski definition) is 2. The van der Waals surface area contributed by atoms with Gasteiger partial charge in [-0.1, -0.05) is 35.9 Å². The Kier molecular flexibility index (Phi) is 6.26. The van der Waals surface area contributed by atoms with Crippen LogP contribution in [0.5, 0.6) is 0 Å². The van der Waals surface area contributed by atoms with Crippen molar-refractivity contribution in [2.75, 3.05) is 0 Å². The SMILES string of the molecule is O=C(Cc1ccc(C(F)(F)F)cc1)N[C@H](Cc1cccc(Cl)c1)C(=O)O. The number of aliphatic carboxylic acids is 1. The molecule has 2 rings (SSSR count). The van der Waals surface area contributed by atoms with Gasteiger partial charge in [-0.15, -0.1) is 0 Å². The van der Waals surface area contributed by atoms with E-state index in [0.29, 0.717) is 16.1 Å². The van der Waals surface area contributed by atoms with E-state index in [1.807, 2.05) is 0 Å². The van der Waals surface area contributed by atoms with Crippen LogP contribution in [0, 0.1) is 0 Å². The molecule has 0 saturated heterocycles. The van der Waals surface area contributed by atoms with Gasteiger partial charge >= 0.3 is 12.1 Å². The number of carbonyl (C=O) groups excluding carboxylic acids is 1. The molecule has 0 unspecified atom stereocenters. The number of hydrogen-bond donors (Lipinski definition) is 2. The van der Waals surface area contributed by atoms with Crippen LogP contribution in [0.4, 0.5) is 13.2 Å². The van der Waals surface area contributed by atoms with E-state index in [9.17, 15) is 27.9 Å². The number of carbonyl (C=O) groups is 2. The quantitative estimate of drug-likeness (QED) is 0.796. The topological polar surface area (TPSA) is 66.4 Å². The minimum Gasteiger partial charge on any atom is -0.480 e. The van der Waals surface area contributed by atoms with Crippen LogP contribution >= 0.6 is 11.6 Å². The molecule has 2 aromatic carbocycles. The number of nitrogens with one attached hydrogen (secondary N) is 1. The van der Waals surface area contributed by atoms with E-state index in [1.165, 1.54) is 12.1 Å². The first-order valence-corrected chi connectivity index (χ1v) is 7.95. The molecular weight excluding hydrogens is 371 g/mol. The number of alkyl halides is 3. The molecule has 0 spiro atoms. The van der Waals surface area contributed by atoms with Crippen molar-refractivity contribution in [3.63, 3.8) is 0 Å². The zero-order chi connectivity index (χ0) is 19.3. The van der Waals surface area contributed by atoms with Gasteiger partial charge in [0, 0.05) is 11.4 Å². The summed E-state index contributed by atoms with van der Waals surface area (Å²) in [5.74, 6) is -1.81. The highest BCUT2D eigenvalue weighted by Gasteiger charge is 2.30. The lowest BCUT2D eigenvalue weighted by Gasteiger charge is -2.15. The number of carboxylic acid groups (broad SMARTS) is 1. The number of benzene rings is 2. The first kappa shape index (κ1) is 19.8. The molecule has 0 fully saturated rings. The van der Waals surface area contributed by atoms with Crippen molar-refractivity contribution in [1.29, 1.82) is 0 Å². The molecule has 2 N–H and O–H groups in total. The van der Waals surface area contributed by atoms with Gasteiger partial charge in [0.1, 0.15) is 6.04 Å². The number of halogens is 4. The summed E-state index contributed by atoms with van der Waals surface area (Å²) in [5, 5.41) is 12.1. The van der Waals surface area contributed by atoms with Crippen molar-refractivity contribution in [2.45, 2.75) is 25.1 Å². The highest BCUT2D eigenvalue weighted by molar-refractivity contribution is 6.30. The first-order valence-electron chi connectivity index (χ1n) is 7.58. The fourth-order valence-corrected chi connectivity index (χ4v) is 2.55. The van der Waals surface area contributed by atoms with Crippen LogP contribution in [0.15, 0.2) is 48.5 Å². The molecule has 0 radical (unpaired) electrons. The van der Waals surface area contributed by atoms with Gasteiger partial charge in [-0.05, 0) is 35.4 Å². The fraction of sp³-hybridized carbons (Fsp3) is 0.222. The molecule has 26 heavy (non-hydrogen) atoms. The van der Waals surface area contributed by atoms with E-state index in [0.717, 1.165) is 12.1 Å². The molecule has 8 heteroatoms. The number of rotatable bonds is 6. The second kappa shape index (κ2) is 8.23. The minimum atomic E-state index is -4.45. The Morgan fingerprint density at radius 1 is 1.08 bits per heavy atom. The second-order valence-electron chi connectivity index (χ2n) is 5.66. The average Bonchev–Trinajstić information content (AvgIpc) is 2.53. The van der Waals surface area contributed by atoms with Gasteiger partial charge in [-0.25, -0.2) is 4.79 Å². The summed E-state index contributed by atoms with van der Waals surface area (Å²) in [6, 6.07) is 9.56. The Hall–Kier alpha value is -2.54. The van der Waals surface area contributed by atoms with Crippen molar-refractivity contribution in [3.05, 3.63) is 70.2 Å². The zero-order valence-electron chi connectivity index (χ0n) is 13.4. The van der Waals surface area contributed by atoms with Crippen LogP contribution in [-0.4, -0.2) is 23.0 Å². The van der Waals surface area contributed by atoms with Crippen LogP contribution in [0.1, 0.15) is 16.7 Å². The average molecular weight is 386 g/mol. The molecule has 0 saturated carbocycles. The molecule has 138 valence electrons. The highest BCUT2D eigenvalue weighted by atomic mass is 35.5. The van der Waals surface area contributed by atoms with Crippen LogP contribution in [0.25, 0.3) is 0 Å². The number of carboxylic acids is 1. The monoisotopic (exact) mass is 385 g/mol. The molecule has 4 nitrogen and oxygen atoms in total. The third-order valence-corrected chi connectivity index (χ3v) is 3.84. The fourth-order valence-electron chi connectivity index (χ4n) is 2.34. The van der Waals surface area contributed by atoms with Crippen molar-refractivity contribution in [3.8, 4) is 0 Å². The lowest BCUT2D eigenvalue weighted by Crippen LogP contribution is -2.43. The Labute approximate surface area is 152 Å². The molecule has 0 aromatic heterocycles. The van der Waals surface area contributed by atoms with Gasteiger partial charge in [0.05, 0.1) is 12.0 Å². The Morgan fingerprint density at radius 2 is 1.73 bits per heavy atom. The van der Waals surface area contributed by atoms with E-state index < -0.39 is 29.7 Å². The van der Waals surface area contributed by atoms with E-state index in [4.69, 9.17) is 11.6 Å². The Bertz CT molecular complexity index is 791. The normalized spacial score (nSPS) is 12.5. The van der Waals surface area contributed by atoms with Gasteiger partial charge in [-0.3, -0.25) is 4.79 Å². The predicted octanol–water partition coefficient (Wildman–Crippen LogP) is 3.71. The molecule has 1 amide bonds. The maximum atomic E-state index is 12.5. The van der Waals surface area contributed by atoms with E-state index in [-0.39, 0.29) is 12.8 Å². The molecule has 1 atom stereocenters. The third kappa shape index (κ3) is 5.77. The lowest BCUT2D eigenvalue weighted by molar-refractivity contribution is -0.141. The molecule has 0 aliphatic carbocycles.